The topological polar surface area (TPSA) is 77.4 Å². The van der Waals surface area contributed by atoms with Crippen LogP contribution in [0.15, 0.2) is 0 Å². The molecule has 6 nitrogen and oxygen atoms in total. The van der Waals surface area contributed by atoms with Crippen molar-refractivity contribution in [1.29, 1.82) is 0 Å². The van der Waals surface area contributed by atoms with Crippen molar-refractivity contribution < 1.29 is 29.2 Å². The van der Waals surface area contributed by atoms with Gasteiger partial charge in [-0.05, 0) is 13.8 Å². The molecule has 94 valence electrons. The second kappa shape index (κ2) is 4.21. The van der Waals surface area contributed by atoms with Gasteiger partial charge in [-0.1, -0.05) is 0 Å². The minimum Gasteiger partial charge on any atom is -0.387 e. The first-order chi connectivity index (χ1) is 7.44. The zero-order chi connectivity index (χ0) is 11.9. The normalized spacial score (nSPS) is 47.4. The summed E-state index contributed by atoms with van der Waals surface area (Å²) in [5, 5.41) is 19.4. The van der Waals surface area contributed by atoms with Crippen LogP contribution in [0.1, 0.15) is 13.8 Å². The van der Waals surface area contributed by atoms with Crippen molar-refractivity contribution in [2.75, 3.05) is 13.7 Å². The van der Waals surface area contributed by atoms with Gasteiger partial charge in [0.2, 0.25) is 0 Å². The molecule has 6 heteroatoms. The Hall–Kier alpha value is -0.240. The molecule has 0 aromatic carbocycles. The lowest BCUT2D eigenvalue weighted by Gasteiger charge is -2.22. The summed E-state index contributed by atoms with van der Waals surface area (Å²) in [5.74, 6) is -0.677. The van der Waals surface area contributed by atoms with E-state index in [1.54, 1.807) is 13.8 Å². The average Bonchev–Trinajstić information content (AvgIpc) is 2.70. The van der Waals surface area contributed by atoms with Crippen LogP contribution in [0, 0.1) is 0 Å². The molecule has 2 aliphatic heterocycles. The quantitative estimate of drug-likeness (QED) is 0.653. The van der Waals surface area contributed by atoms with Crippen LogP contribution in [0.3, 0.4) is 0 Å². The van der Waals surface area contributed by atoms with Crippen LogP contribution in [0.4, 0.5) is 0 Å². The smallest absolute Gasteiger partial charge is 0.186 e. The van der Waals surface area contributed by atoms with Gasteiger partial charge >= 0.3 is 0 Å². The molecule has 0 unspecified atom stereocenters. The highest BCUT2D eigenvalue weighted by Crippen LogP contribution is 2.32. The zero-order valence-electron chi connectivity index (χ0n) is 9.62. The van der Waals surface area contributed by atoms with Crippen LogP contribution in [-0.4, -0.2) is 60.4 Å². The molecular formula is C10H18O6. The van der Waals surface area contributed by atoms with Gasteiger partial charge in [0.25, 0.3) is 0 Å². The summed E-state index contributed by atoms with van der Waals surface area (Å²) < 4.78 is 21.2. The van der Waals surface area contributed by atoms with Gasteiger partial charge in [0.15, 0.2) is 12.1 Å². The third-order valence-electron chi connectivity index (χ3n) is 2.89. The van der Waals surface area contributed by atoms with Gasteiger partial charge in [-0.2, -0.15) is 0 Å². The van der Waals surface area contributed by atoms with E-state index >= 15 is 0 Å². The second-order valence-corrected chi connectivity index (χ2v) is 4.55. The first kappa shape index (κ1) is 12.2. The number of ether oxygens (including phenoxy) is 4. The molecule has 2 heterocycles. The molecule has 0 saturated carbocycles. The van der Waals surface area contributed by atoms with Crippen molar-refractivity contribution in [2.45, 2.75) is 50.3 Å². The molecule has 2 saturated heterocycles. The van der Waals surface area contributed by atoms with E-state index in [0.717, 1.165) is 0 Å². The van der Waals surface area contributed by atoms with Gasteiger partial charge in [-0.3, -0.25) is 0 Å². The van der Waals surface area contributed by atoms with E-state index in [-0.39, 0.29) is 6.10 Å². The summed E-state index contributed by atoms with van der Waals surface area (Å²) in [5.41, 5.74) is 0. The Bertz CT molecular complexity index is 256. The highest BCUT2D eigenvalue weighted by Gasteiger charge is 2.50. The van der Waals surface area contributed by atoms with Crippen LogP contribution in [0.25, 0.3) is 0 Å². The fourth-order valence-electron chi connectivity index (χ4n) is 2.05. The van der Waals surface area contributed by atoms with Crippen LogP contribution in [0.2, 0.25) is 0 Å². The zero-order valence-corrected chi connectivity index (χ0v) is 9.62. The predicted molar refractivity (Wildman–Crippen MR) is 52.6 cm³/mol. The Kier molecular flexibility index (Phi) is 3.22. The van der Waals surface area contributed by atoms with E-state index in [9.17, 15) is 10.2 Å². The first-order valence-electron chi connectivity index (χ1n) is 5.31. The van der Waals surface area contributed by atoms with Gasteiger partial charge in [0.05, 0.1) is 6.61 Å². The van der Waals surface area contributed by atoms with Gasteiger partial charge in [0.1, 0.15) is 24.4 Å². The van der Waals surface area contributed by atoms with E-state index in [4.69, 9.17) is 18.9 Å². The third-order valence-corrected chi connectivity index (χ3v) is 2.89. The second-order valence-electron chi connectivity index (χ2n) is 4.55. The molecule has 0 bridgehead atoms. The molecule has 0 amide bonds. The molecule has 2 aliphatic rings. The SMILES string of the molecule is CO[C@@H]1O[C@@H]([C@H]2COC(C)(C)O2)[C@H](O)[C@H]1O. The maximum atomic E-state index is 9.80. The summed E-state index contributed by atoms with van der Waals surface area (Å²) in [4.78, 5) is 0. The number of aliphatic hydroxyl groups excluding tert-OH is 2. The molecule has 0 radical (unpaired) electrons. The Morgan fingerprint density at radius 1 is 1.25 bits per heavy atom. The number of aliphatic hydroxyl groups is 2. The van der Waals surface area contributed by atoms with Crippen molar-refractivity contribution in [3.63, 3.8) is 0 Å². The molecule has 16 heavy (non-hydrogen) atoms. The number of methoxy groups -OCH3 is 1. The third kappa shape index (κ3) is 2.09. The van der Waals surface area contributed by atoms with E-state index in [2.05, 4.69) is 0 Å². The lowest BCUT2D eigenvalue weighted by atomic mass is 10.1. The molecule has 0 spiro atoms. The van der Waals surface area contributed by atoms with Crippen molar-refractivity contribution in [3.05, 3.63) is 0 Å². The molecule has 5 atom stereocenters. The van der Waals surface area contributed by atoms with Gasteiger partial charge in [-0.25, -0.2) is 0 Å². The highest BCUT2D eigenvalue weighted by atomic mass is 16.8. The standard InChI is InChI=1S/C10H18O6/c1-10(2)14-4-5(16-10)8-6(11)7(12)9(13-3)15-8/h5-9,11-12H,4H2,1-3H3/t5-,6-,7-,8+,9-/m1/s1. The number of rotatable bonds is 2. The van der Waals surface area contributed by atoms with Crippen LogP contribution >= 0.6 is 0 Å². The summed E-state index contributed by atoms with van der Waals surface area (Å²) in [7, 11) is 1.42. The molecule has 0 aromatic rings. The van der Waals surface area contributed by atoms with E-state index in [1.165, 1.54) is 7.11 Å². The molecule has 2 fully saturated rings. The van der Waals surface area contributed by atoms with Crippen molar-refractivity contribution in [3.8, 4) is 0 Å². The lowest BCUT2D eigenvalue weighted by molar-refractivity contribution is -0.185. The van der Waals surface area contributed by atoms with Crippen molar-refractivity contribution in [1.82, 2.24) is 0 Å². The number of hydrogen-bond acceptors (Lipinski definition) is 6. The highest BCUT2D eigenvalue weighted by molar-refractivity contribution is 4.93. The molecule has 0 aromatic heterocycles. The van der Waals surface area contributed by atoms with E-state index < -0.39 is 30.4 Å². The van der Waals surface area contributed by atoms with E-state index in [0.29, 0.717) is 6.61 Å². The molecule has 2 rings (SSSR count). The molecule has 2 N–H and O–H groups in total. The van der Waals surface area contributed by atoms with Crippen LogP contribution in [0.5, 0.6) is 0 Å². The maximum Gasteiger partial charge on any atom is 0.186 e. The largest absolute Gasteiger partial charge is 0.387 e. The van der Waals surface area contributed by atoms with Gasteiger partial charge < -0.3 is 29.2 Å². The van der Waals surface area contributed by atoms with Crippen molar-refractivity contribution >= 4 is 0 Å². The van der Waals surface area contributed by atoms with Crippen LogP contribution in [-0.2, 0) is 18.9 Å². The average molecular weight is 234 g/mol. The minimum absolute atomic E-state index is 0.331. The molecular weight excluding hydrogens is 216 g/mol. The maximum absolute atomic E-state index is 9.80. The first-order valence-corrected chi connectivity index (χ1v) is 5.31. The van der Waals surface area contributed by atoms with Gasteiger partial charge in [0, 0.05) is 7.11 Å². The molecule has 0 aliphatic carbocycles. The monoisotopic (exact) mass is 234 g/mol. The Morgan fingerprint density at radius 2 is 1.94 bits per heavy atom. The predicted octanol–water partition coefficient (Wildman–Crippen LogP) is -0.769. The Labute approximate surface area is 94.1 Å². The lowest BCUT2D eigenvalue weighted by Crippen LogP contribution is -2.40. The van der Waals surface area contributed by atoms with E-state index in [1.807, 2.05) is 0 Å². The van der Waals surface area contributed by atoms with Gasteiger partial charge in [-0.15, -0.1) is 0 Å². The summed E-state index contributed by atoms with van der Waals surface area (Å²) in [6.45, 7) is 3.91. The fraction of sp³-hybridized carbons (Fsp3) is 1.00. The van der Waals surface area contributed by atoms with Crippen LogP contribution < -0.4 is 0 Å². The minimum atomic E-state index is -1.05. The summed E-state index contributed by atoms with van der Waals surface area (Å²) in [6, 6.07) is 0. The Morgan fingerprint density at radius 3 is 2.38 bits per heavy atom. The summed E-state index contributed by atoms with van der Waals surface area (Å²) >= 11 is 0. The number of hydrogen-bond donors (Lipinski definition) is 2. The fourth-order valence-corrected chi connectivity index (χ4v) is 2.05. The summed E-state index contributed by atoms with van der Waals surface area (Å²) in [6.07, 6.45) is -3.90. The Balaban J connectivity index is 2.01. The van der Waals surface area contributed by atoms with Crippen molar-refractivity contribution in [2.24, 2.45) is 0 Å².